The van der Waals surface area contributed by atoms with E-state index in [2.05, 4.69) is 12.2 Å². The molecule has 4 nitrogen and oxygen atoms in total. The molecule has 1 aromatic rings. The van der Waals surface area contributed by atoms with Crippen LogP contribution >= 0.6 is 0 Å². The smallest absolute Gasteiger partial charge is 0.320 e. The topological polar surface area (TPSA) is 58.6 Å². The summed E-state index contributed by atoms with van der Waals surface area (Å²) in [6.07, 6.45) is 2.71. The number of ether oxygens (including phenoxy) is 1. The average Bonchev–Trinajstić information content (AvgIpc) is 2.38. The number of rotatable bonds is 9. The number of carboxylic acid groups (broad SMARTS) is 1. The molecule has 20 heavy (non-hydrogen) atoms. The molecule has 0 amide bonds. The molecule has 0 saturated heterocycles. The van der Waals surface area contributed by atoms with Crippen LogP contribution in [0, 0.1) is 0 Å². The molecule has 1 rings (SSSR count). The zero-order chi connectivity index (χ0) is 15.0. The molecular formula is C16H25NO3. The Labute approximate surface area is 121 Å². The second-order valence-electron chi connectivity index (χ2n) is 5.23. The fourth-order valence-corrected chi connectivity index (χ4v) is 1.96. The molecule has 0 aliphatic heterocycles. The van der Waals surface area contributed by atoms with E-state index in [4.69, 9.17) is 9.84 Å². The maximum atomic E-state index is 11.2. The SMILES string of the molecule is CCCCC(NCc1cccc(OC(C)C)c1)C(=O)O. The molecule has 0 aliphatic carbocycles. The van der Waals surface area contributed by atoms with Gasteiger partial charge in [-0.2, -0.15) is 0 Å². The van der Waals surface area contributed by atoms with Gasteiger partial charge in [-0.3, -0.25) is 4.79 Å². The molecule has 0 fully saturated rings. The van der Waals surface area contributed by atoms with Gasteiger partial charge in [-0.05, 0) is 38.0 Å². The van der Waals surface area contributed by atoms with E-state index < -0.39 is 12.0 Å². The minimum absolute atomic E-state index is 0.134. The Morgan fingerprint density at radius 2 is 2.15 bits per heavy atom. The van der Waals surface area contributed by atoms with Crippen molar-refractivity contribution in [1.29, 1.82) is 0 Å². The highest BCUT2D eigenvalue weighted by molar-refractivity contribution is 5.73. The molecule has 0 bridgehead atoms. The second kappa shape index (κ2) is 8.59. The first kappa shape index (κ1) is 16.5. The van der Waals surface area contributed by atoms with Crippen LogP contribution in [0.15, 0.2) is 24.3 Å². The third-order valence-corrected chi connectivity index (χ3v) is 2.97. The van der Waals surface area contributed by atoms with Crippen molar-refractivity contribution in [3.05, 3.63) is 29.8 Å². The van der Waals surface area contributed by atoms with Crippen LogP contribution in [0.4, 0.5) is 0 Å². The van der Waals surface area contributed by atoms with E-state index >= 15 is 0 Å². The number of aliphatic carboxylic acids is 1. The molecule has 0 aliphatic rings. The number of carboxylic acids is 1. The van der Waals surface area contributed by atoms with Gasteiger partial charge in [-0.25, -0.2) is 0 Å². The van der Waals surface area contributed by atoms with E-state index in [0.29, 0.717) is 13.0 Å². The predicted molar refractivity (Wildman–Crippen MR) is 80.0 cm³/mol. The lowest BCUT2D eigenvalue weighted by Crippen LogP contribution is -2.36. The monoisotopic (exact) mass is 279 g/mol. The molecule has 0 heterocycles. The first-order valence-electron chi connectivity index (χ1n) is 7.24. The van der Waals surface area contributed by atoms with E-state index in [-0.39, 0.29) is 6.10 Å². The first-order chi connectivity index (χ1) is 9.52. The van der Waals surface area contributed by atoms with Crippen molar-refractivity contribution in [2.45, 2.75) is 58.7 Å². The maximum Gasteiger partial charge on any atom is 0.320 e. The van der Waals surface area contributed by atoms with E-state index in [9.17, 15) is 4.79 Å². The highest BCUT2D eigenvalue weighted by atomic mass is 16.5. The highest BCUT2D eigenvalue weighted by Gasteiger charge is 2.15. The van der Waals surface area contributed by atoms with Crippen LogP contribution in [-0.2, 0) is 11.3 Å². The van der Waals surface area contributed by atoms with E-state index in [1.165, 1.54) is 0 Å². The summed E-state index contributed by atoms with van der Waals surface area (Å²) in [5, 5.41) is 12.3. The van der Waals surface area contributed by atoms with Gasteiger partial charge in [0.2, 0.25) is 0 Å². The van der Waals surface area contributed by atoms with Gasteiger partial charge in [-0.15, -0.1) is 0 Å². The van der Waals surface area contributed by atoms with Crippen molar-refractivity contribution in [3.63, 3.8) is 0 Å². The fraction of sp³-hybridized carbons (Fsp3) is 0.562. The summed E-state index contributed by atoms with van der Waals surface area (Å²) in [6.45, 7) is 6.56. The van der Waals surface area contributed by atoms with Crippen LogP contribution in [0.25, 0.3) is 0 Å². The summed E-state index contributed by atoms with van der Waals surface area (Å²) in [4.78, 5) is 11.2. The lowest BCUT2D eigenvalue weighted by atomic mass is 10.1. The standard InChI is InChI=1S/C16H25NO3/c1-4-5-9-15(16(18)19)17-11-13-7-6-8-14(10-13)20-12(2)3/h6-8,10,12,15,17H,4-5,9,11H2,1-3H3,(H,18,19). The number of hydrogen-bond donors (Lipinski definition) is 2. The number of unbranched alkanes of at least 4 members (excludes halogenated alkanes) is 1. The van der Waals surface area contributed by atoms with Crippen LogP contribution in [0.5, 0.6) is 5.75 Å². The number of nitrogens with one attached hydrogen (secondary N) is 1. The summed E-state index contributed by atoms with van der Waals surface area (Å²) < 4.78 is 5.63. The molecule has 2 N–H and O–H groups in total. The van der Waals surface area contributed by atoms with Crippen molar-refractivity contribution >= 4 is 5.97 Å². The van der Waals surface area contributed by atoms with Gasteiger partial charge in [0, 0.05) is 6.54 Å². The molecule has 0 aromatic heterocycles. The Hall–Kier alpha value is -1.55. The number of carbonyl (C=O) groups is 1. The minimum atomic E-state index is -0.784. The van der Waals surface area contributed by atoms with Gasteiger partial charge in [0.05, 0.1) is 6.10 Å². The highest BCUT2D eigenvalue weighted by Crippen LogP contribution is 2.15. The lowest BCUT2D eigenvalue weighted by molar-refractivity contribution is -0.139. The summed E-state index contributed by atoms with van der Waals surface area (Å²) >= 11 is 0. The summed E-state index contributed by atoms with van der Waals surface area (Å²) in [7, 11) is 0. The van der Waals surface area contributed by atoms with Gasteiger partial charge in [-0.1, -0.05) is 31.9 Å². The molecule has 1 atom stereocenters. The lowest BCUT2D eigenvalue weighted by Gasteiger charge is -2.15. The molecule has 1 unspecified atom stereocenters. The first-order valence-corrected chi connectivity index (χ1v) is 7.24. The Morgan fingerprint density at radius 3 is 2.75 bits per heavy atom. The van der Waals surface area contributed by atoms with Crippen molar-refractivity contribution in [3.8, 4) is 5.75 Å². The van der Waals surface area contributed by atoms with Crippen LogP contribution in [0.2, 0.25) is 0 Å². The Bertz CT molecular complexity index is 418. The van der Waals surface area contributed by atoms with Crippen LogP contribution in [0.1, 0.15) is 45.6 Å². The van der Waals surface area contributed by atoms with E-state index in [1.54, 1.807) is 0 Å². The van der Waals surface area contributed by atoms with Gasteiger partial charge < -0.3 is 15.2 Å². The van der Waals surface area contributed by atoms with Crippen LogP contribution < -0.4 is 10.1 Å². The Morgan fingerprint density at radius 1 is 1.40 bits per heavy atom. The molecule has 0 saturated carbocycles. The second-order valence-corrected chi connectivity index (χ2v) is 5.23. The molecule has 4 heteroatoms. The van der Waals surface area contributed by atoms with Gasteiger partial charge in [0.25, 0.3) is 0 Å². The summed E-state index contributed by atoms with van der Waals surface area (Å²) in [5.41, 5.74) is 1.03. The van der Waals surface area contributed by atoms with Crippen molar-refractivity contribution in [2.75, 3.05) is 0 Å². The van der Waals surface area contributed by atoms with Crippen molar-refractivity contribution in [1.82, 2.24) is 5.32 Å². The zero-order valence-corrected chi connectivity index (χ0v) is 12.6. The molecule has 112 valence electrons. The largest absolute Gasteiger partial charge is 0.491 e. The summed E-state index contributed by atoms with van der Waals surface area (Å²) in [6, 6.07) is 7.28. The van der Waals surface area contributed by atoms with Crippen molar-refractivity contribution in [2.24, 2.45) is 0 Å². The Balaban J connectivity index is 2.56. The van der Waals surface area contributed by atoms with Gasteiger partial charge >= 0.3 is 5.97 Å². The normalized spacial score (nSPS) is 12.4. The molecule has 1 aromatic carbocycles. The maximum absolute atomic E-state index is 11.2. The zero-order valence-electron chi connectivity index (χ0n) is 12.6. The van der Waals surface area contributed by atoms with Gasteiger partial charge in [0.15, 0.2) is 0 Å². The average molecular weight is 279 g/mol. The van der Waals surface area contributed by atoms with E-state index in [1.807, 2.05) is 38.1 Å². The summed E-state index contributed by atoms with van der Waals surface area (Å²) in [5.74, 6) is 0.0350. The van der Waals surface area contributed by atoms with Crippen molar-refractivity contribution < 1.29 is 14.6 Å². The van der Waals surface area contributed by atoms with Crippen LogP contribution in [-0.4, -0.2) is 23.2 Å². The third kappa shape index (κ3) is 6.06. The van der Waals surface area contributed by atoms with Gasteiger partial charge in [0.1, 0.15) is 11.8 Å². The molecule has 0 spiro atoms. The molecular weight excluding hydrogens is 254 g/mol. The minimum Gasteiger partial charge on any atom is -0.491 e. The van der Waals surface area contributed by atoms with E-state index in [0.717, 1.165) is 24.2 Å². The fourth-order valence-electron chi connectivity index (χ4n) is 1.96. The predicted octanol–water partition coefficient (Wildman–Crippen LogP) is 3.21. The Kier molecular flexibility index (Phi) is 7.09. The molecule has 0 radical (unpaired) electrons. The number of benzene rings is 1. The van der Waals surface area contributed by atoms with Crippen LogP contribution in [0.3, 0.4) is 0 Å². The quantitative estimate of drug-likeness (QED) is 0.728. The third-order valence-electron chi connectivity index (χ3n) is 2.97. The number of hydrogen-bond acceptors (Lipinski definition) is 3.